The zero-order valence-electron chi connectivity index (χ0n) is 12.9. The second kappa shape index (κ2) is 8.15. The predicted octanol–water partition coefficient (Wildman–Crippen LogP) is 4.40. The Morgan fingerprint density at radius 2 is 1.78 bits per heavy atom. The highest BCUT2D eigenvalue weighted by atomic mass is 35.5. The van der Waals surface area contributed by atoms with Crippen LogP contribution in [0, 0.1) is 0 Å². The van der Waals surface area contributed by atoms with Crippen molar-refractivity contribution in [1.82, 2.24) is 0 Å². The van der Waals surface area contributed by atoms with Gasteiger partial charge in [0.2, 0.25) is 0 Å². The first-order chi connectivity index (χ1) is 11.1. The molecule has 2 aromatic rings. The summed E-state index contributed by atoms with van der Waals surface area (Å²) in [6.07, 6.45) is 4.76. The van der Waals surface area contributed by atoms with Gasteiger partial charge in [-0.25, -0.2) is 0 Å². The first kappa shape index (κ1) is 16.8. The number of hydrazone groups is 1. The van der Waals surface area contributed by atoms with E-state index < -0.39 is 0 Å². The van der Waals surface area contributed by atoms with E-state index in [0.717, 1.165) is 11.3 Å². The zero-order valence-corrected chi connectivity index (χ0v) is 13.7. The average Bonchev–Trinajstić information content (AvgIpc) is 2.59. The number of hydrogen-bond acceptors (Lipinski definition) is 3. The molecule has 23 heavy (non-hydrogen) atoms. The van der Waals surface area contributed by atoms with Crippen molar-refractivity contribution in [1.29, 1.82) is 0 Å². The molecule has 2 rings (SSSR count). The van der Waals surface area contributed by atoms with Crippen molar-refractivity contribution >= 4 is 35.5 Å². The van der Waals surface area contributed by atoms with Gasteiger partial charge in [0.05, 0.1) is 12.8 Å². The molecule has 0 fully saturated rings. The van der Waals surface area contributed by atoms with Crippen molar-refractivity contribution in [2.24, 2.45) is 5.10 Å². The van der Waals surface area contributed by atoms with E-state index in [0.29, 0.717) is 10.7 Å². The van der Waals surface area contributed by atoms with Crippen molar-refractivity contribution in [3.8, 4) is 5.75 Å². The van der Waals surface area contributed by atoms with Crippen LogP contribution in [0.5, 0.6) is 5.75 Å². The molecule has 118 valence electrons. The highest BCUT2D eigenvalue weighted by Crippen LogP contribution is 2.20. The van der Waals surface area contributed by atoms with Gasteiger partial charge in [0.15, 0.2) is 0 Å². The van der Waals surface area contributed by atoms with Crippen LogP contribution in [0.2, 0.25) is 5.02 Å². The van der Waals surface area contributed by atoms with Crippen molar-refractivity contribution in [2.75, 3.05) is 12.1 Å². The largest absolute Gasteiger partial charge is 0.497 e. The van der Waals surface area contributed by atoms with E-state index in [-0.39, 0.29) is 5.91 Å². The van der Waals surface area contributed by atoms with E-state index in [1.54, 1.807) is 62.7 Å². The molecule has 0 atom stereocenters. The summed E-state index contributed by atoms with van der Waals surface area (Å²) in [5.74, 6) is 0.474. The molecule has 0 aliphatic heterocycles. The summed E-state index contributed by atoms with van der Waals surface area (Å²) in [6.45, 7) is 1.76. The smallest absolute Gasteiger partial charge is 0.271 e. The maximum absolute atomic E-state index is 12.4. The molecule has 0 aliphatic rings. The summed E-state index contributed by atoms with van der Waals surface area (Å²) in [7, 11) is 1.59. The summed E-state index contributed by atoms with van der Waals surface area (Å²) in [4.78, 5) is 12.4. The highest BCUT2D eigenvalue weighted by Gasteiger charge is 2.11. The Balaban J connectivity index is 2.18. The van der Waals surface area contributed by atoms with E-state index >= 15 is 0 Å². The summed E-state index contributed by atoms with van der Waals surface area (Å²) in [5, 5.41) is 6.10. The molecule has 0 aliphatic carbocycles. The Morgan fingerprint density at radius 3 is 2.35 bits per heavy atom. The maximum Gasteiger partial charge on any atom is 0.271 e. The second-order valence-electron chi connectivity index (χ2n) is 4.61. The van der Waals surface area contributed by atoms with Crippen molar-refractivity contribution in [3.63, 3.8) is 0 Å². The standard InChI is InChI=1S/C18H17ClN2O2/c1-3-20-21(16-9-11-17(23-2)12-10-16)18(22)13-6-14-4-7-15(19)8-5-14/h3-13H,1-2H3. The Labute approximate surface area is 140 Å². The number of nitrogens with zero attached hydrogens (tertiary/aromatic N) is 2. The number of methoxy groups -OCH3 is 1. The average molecular weight is 329 g/mol. The Hall–Kier alpha value is -2.59. The molecule has 0 aromatic heterocycles. The molecule has 0 N–H and O–H groups in total. The molecule has 0 bridgehead atoms. The zero-order chi connectivity index (χ0) is 16.7. The van der Waals surface area contributed by atoms with Gasteiger partial charge in [-0.2, -0.15) is 10.1 Å². The van der Waals surface area contributed by atoms with Gasteiger partial charge in [0.25, 0.3) is 5.91 Å². The number of anilines is 1. The van der Waals surface area contributed by atoms with Gasteiger partial charge >= 0.3 is 0 Å². The fourth-order valence-corrected chi connectivity index (χ4v) is 2.03. The predicted molar refractivity (Wildman–Crippen MR) is 95.1 cm³/mol. The van der Waals surface area contributed by atoms with Crippen LogP contribution in [-0.2, 0) is 4.79 Å². The van der Waals surface area contributed by atoms with Crippen LogP contribution in [0.3, 0.4) is 0 Å². The SMILES string of the molecule is CC=NN(C(=O)C=Cc1ccc(Cl)cc1)c1ccc(OC)cc1. The van der Waals surface area contributed by atoms with E-state index in [1.165, 1.54) is 11.1 Å². The molecule has 2 aromatic carbocycles. The lowest BCUT2D eigenvalue weighted by atomic mass is 10.2. The van der Waals surface area contributed by atoms with Gasteiger partial charge < -0.3 is 4.74 Å². The van der Waals surface area contributed by atoms with Crippen LogP contribution < -0.4 is 9.75 Å². The summed E-state index contributed by atoms with van der Waals surface area (Å²) in [5.41, 5.74) is 1.55. The third-order valence-corrected chi connectivity index (χ3v) is 3.30. The second-order valence-corrected chi connectivity index (χ2v) is 5.04. The number of halogens is 1. The molecule has 0 spiro atoms. The fourth-order valence-electron chi connectivity index (χ4n) is 1.90. The normalized spacial score (nSPS) is 11.1. The molecule has 0 unspecified atom stereocenters. The van der Waals surface area contributed by atoms with E-state index in [9.17, 15) is 4.79 Å². The van der Waals surface area contributed by atoms with Crippen molar-refractivity contribution in [3.05, 3.63) is 65.2 Å². The van der Waals surface area contributed by atoms with E-state index in [4.69, 9.17) is 16.3 Å². The molecule has 1 amide bonds. The first-order valence-electron chi connectivity index (χ1n) is 7.04. The van der Waals surface area contributed by atoms with Gasteiger partial charge in [-0.15, -0.1) is 0 Å². The van der Waals surface area contributed by atoms with Gasteiger partial charge in [-0.05, 0) is 55.0 Å². The number of amides is 1. The van der Waals surface area contributed by atoms with Crippen LogP contribution in [-0.4, -0.2) is 19.2 Å². The topological polar surface area (TPSA) is 41.9 Å². The third kappa shape index (κ3) is 4.69. The number of rotatable bonds is 5. The number of ether oxygens (including phenoxy) is 1. The summed E-state index contributed by atoms with van der Waals surface area (Å²) in [6, 6.07) is 14.3. The van der Waals surface area contributed by atoms with Crippen molar-refractivity contribution in [2.45, 2.75) is 6.92 Å². The van der Waals surface area contributed by atoms with Crippen LogP contribution in [0.15, 0.2) is 59.7 Å². The first-order valence-corrected chi connectivity index (χ1v) is 7.42. The van der Waals surface area contributed by atoms with Crippen LogP contribution in [0.4, 0.5) is 5.69 Å². The Kier molecular flexibility index (Phi) is 5.94. The fraction of sp³-hybridized carbons (Fsp3) is 0.111. The quantitative estimate of drug-likeness (QED) is 0.464. The monoisotopic (exact) mass is 328 g/mol. The van der Waals surface area contributed by atoms with Crippen LogP contribution in [0.25, 0.3) is 6.08 Å². The lowest BCUT2D eigenvalue weighted by molar-refractivity contribution is -0.114. The lowest BCUT2D eigenvalue weighted by Gasteiger charge is -2.15. The Morgan fingerprint density at radius 1 is 1.13 bits per heavy atom. The minimum Gasteiger partial charge on any atom is -0.497 e. The number of carbonyl (C=O) groups excluding carboxylic acids is 1. The number of hydrogen-bond donors (Lipinski definition) is 0. The van der Waals surface area contributed by atoms with Crippen LogP contribution in [0.1, 0.15) is 12.5 Å². The molecule has 0 heterocycles. The molecule has 5 heteroatoms. The van der Waals surface area contributed by atoms with Crippen LogP contribution >= 0.6 is 11.6 Å². The van der Waals surface area contributed by atoms with E-state index in [1.807, 2.05) is 12.1 Å². The van der Waals surface area contributed by atoms with Gasteiger partial charge in [0.1, 0.15) is 5.75 Å². The molecule has 4 nitrogen and oxygen atoms in total. The maximum atomic E-state index is 12.4. The van der Waals surface area contributed by atoms with E-state index in [2.05, 4.69) is 5.10 Å². The lowest BCUT2D eigenvalue weighted by Crippen LogP contribution is -2.23. The molecule has 0 saturated heterocycles. The minimum atomic E-state index is -0.247. The number of benzene rings is 2. The third-order valence-electron chi connectivity index (χ3n) is 3.05. The Bertz CT molecular complexity index is 707. The molecular weight excluding hydrogens is 312 g/mol. The molecule has 0 saturated carbocycles. The van der Waals surface area contributed by atoms with Gasteiger partial charge in [-0.1, -0.05) is 23.7 Å². The van der Waals surface area contributed by atoms with Crippen molar-refractivity contribution < 1.29 is 9.53 Å². The van der Waals surface area contributed by atoms with Gasteiger partial charge in [0, 0.05) is 17.3 Å². The molecule has 0 radical (unpaired) electrons. The molecular formula is C18H17ClN2O2. The highest BCUT2D eigenvalue weighted by molar-refractivity contribution is 6.30. The summed E-state index contributed by atoms with van der Waals surface area (Å²) >= 11 is 5.84. The number of carbonyl (C=O) groups is 1. The minimum absolute atomic E-state index is 0.247. The summed E-state index contributed by atoms with van der Waals surface area (Å²) < 4.78 is 5.12. The van der Waals surface area contributed by atoms with Gasteiger partial charge in [-0.3, -0.25) is 4.79 Å².